The van der Waals surface area contributed by atoms with Gasteiger partial charge in [-0.05, 0) is 12.1 Å². The van der Waals surface area contributed by atoms with Gasteiger partial charge in [0, 0.05) is 6.07 Å². The molecule has 0 aliphatic rings. The molecule has 0 bridgehead atoms. The Balaban J connectivity index is 2.14. The fraction of sp³-hybridized carbons (Fsp3) is 0. The van der Waals surface area contributed by atoms with Crippen LogP contribution in [0.3, 0.4) is 0 Å². The van der Waals surface area contributed by atoms with E-state index in [1.54, 1.807) is 0 Å². The number of nitrogens with zero attached hydrogens (tertiary/aromatic N) is 2. The number of aromatic nitrogens is 2. The molecule has 0 amide bonds. The zero-order valence-electron chi connectivity index (χ0n) is 9.48. The Morgan fingerprint density at radius 2 is 1.79 bits per heavy atom. The molecule has 0 aliphatic carbocycles. The number of hydrogen-bond donors (Lipinski definition) is 2. The predicted octanol–water partition coefficient (Wildman–Crippen LogP) is 1.10. The summed E-state index contributed by atoms with van der Waals surface area (Å²) in [4.78, 5) is 29.4. The Morgan fingerprint density at radius 1 is 1.11 bits per heavy atom. The van der Waals surface area contributed by atoms with E-state index in [1.165, 1.54) is 24.3 Å². The van der Waals surface area contributed by atoms with E-state index in [0.29, 0.717) is 0 Å². The molecule has 0 unspecified atom stereocenters. The van der Waals surface area contributed by atoms with Crippen LogP contribution in [0.25, 0.3) is 0 Å². The Hall–Kier alpha value is -2.96. The summed E-state index contributed by atoms with van der Waals surface area (Å²) in [6.07, 6.45) is 1.97. The maximum Gasteiger partial charge on any atom is 0.363 e. The van der Waals surface area contributed by atoms with Crippen LogP contribution in [0.15, 0.2) is 36.7 Å². The van der Waals surface area contributed by atoms with Crippen molar-refractivity contribution in [2.75, 3.05) is 0 Å². The first-order valence-corrected chi connectivity index (χ1v) is 5.13. The average Bonchev–Trinajstić information content (AvgIpc) is 2.39. The smallest absolute Gasteiger partial charge is 0.363 e. The summed E-state index contributed by atoms with van der Waals surface area (Å²) in [6.45, 7) is 0. The maximum atomic E-state index is 11.7. The molecule has 0 aliphatic heterocycles. The Bertz CT molecular complexity index is 624. The first kappa shape index (κ1) is 12.5. The normalized spacial score (nSPS) is 9.89. The minimum Gasteiger partial charge on any atom is -0.508 e. The fourth-order valence-electron chi connectivity index (χ4n) is 1.25. The van der Waals surface area contributed by atoms with Gasteiger partial charge in [0.2, 0.25) is 0 Å². The minimum atomic E-state index is -1.24. The number of esters is 1. The lowest BCUT2D eigenvalue weighted by atomic mass is 10.3. The summed E-state index contributed by atoms with van der Waals surface area (Å²) in [6, 6.07) is 5.68. The number of benzene rings is 1. The summed E-state index contributed by atoms with van der Waals surface area (Å²) < 4.78 is 4.93. The van der Waals surface area contributed by atoms with Crippen LogP contribution < -0.4 is 4.74 Å². The van der Waals surface area contributed by atoms with E-state index < -0.39 is 11.9 Å². The third kappa shape index (κ3) is 3.03. The number of ether oxygens (including phenoxy) is 1. The van der Waals surface area contributed by atoms with Gasteiger partial charge in [0.25, 0.3) is 0 Å². The number of phenols is 1. The summed E-state index contributed by atoms with van der Waals surface area (Å²) >= 11 is 0. The molecule has 0 radical (unpaired) electrons. The van der Waals surface area contributed by atoms with E-state index in [4.69, 9.17) is 9.84 Å². The predicted molar refractivity (Wildman–Crippen MR) is 62.1 cm³/mol. The van der Waals surface area contributed by atoms with Crippen LogP contribution in [0.4, 0.5) is 0 Å². The molecule has 2 N–H and O–H groups in total. The van der Waals surface area contributed by atoms with E-state index in [1.807, 2.05) is 0 Å². The van der Waals surface area contributed by atoms with Gasteiger partial charge in [-0.1, -0.05) is 6.07 Å². The number of carboxylic acid groups (broad SMARTS) is 1. The zero-order chi connectivity index (χ0) is 13.8. The van der Waals surface area contributed by atoms with Crippen molar-refractivity contribution in [1.82, 2.24) is 9.97 Å². The second-order valence-electron chi connectivity index (χ2n) is 3.48. The van der Waals surface area contributed by atoms with Crippen LogP contribution in [0.1, 0.15) is 21.0 Å². The van der Waals surface area contributed by atoms with E-state index in [-0.39, 0.29) is 22.9 Å². The molecule has 0 atom stereocenters. The van der Waals surface area contributed by atoms with Crippen LogP contribution in [-0.2, 0) is 0 Å². The molecule has 7 nitrogen and oxygen atoms in total. The minimum absolute atomic E-state index is 0.0439. The number of phenolic OH excluding ortho intramolecular Hbond substituents is 1. The molecule has 0 fully saturated rings. The molecular weight excluding hydrogens is 252 g/mol. The zero-order valence-corrected chi connectivity index (χ0v) is 9.48. The molecule has 2 rings (SSSR count). The van der Waals surface area contributed by atoms with Crippen molar-refractivity contribution in [1.29, 1.82) is 0 Å². The summed E-state index contributed by atoms with van der Waals surface area (Å²) in [7, 11) is 0. The van der Waals surface area contributed by atoms with Gasteiger partial charge in [0.05, 0.1) is 12.4 Å². The Kier molecular flexibility index (Phi) is 3.37. The van der Waals surface area contributed by atoms with Gasteiger partial charge in [-0.15, -0.1) is 0 Å². The van der Waals surface area contributed by atoms with Gasteiger partial charge in [0.15, 0.2) is 11.4 Å². The number of aromatic carboxylic acids is 1. The van der Waals surface area contributed by atoms with Crippen molar-refractivity contribution >= 4 is 11.9 Å². The van der Waals surface area contributed by atoms with Crippen LogP contribution >= 0.6 is 0 Å². The standard InChI is InChI=1S/C12H8N2O5/c15-7-2-1-3-8(4-7)19-12(18)10-6-13-9(5-14-10)11(16)17/h1-6,15H,(H,16,17). The molecule has 7 heteroatoms. The molecule has 2 aromatic rings. The molecule has 1 aromatic carbocycles. The van der Waals surface area contributed by atoms with Crippen molar-refractivity contribution in [3.63, 3.8) is 0 Å². The summed E-state index contributed by atoms with van der Waals surface area (Å²) in [5.74, 6) is -1.93. The lowest BCUT2D eigenvalue weighted by Crippen LogP contribution is -2.12. The van der Waals surface area contributed by atoms with E-state index in [2.05, 4.69) is 9.97 Å². The average molecular weight is 260 g/mol. The quantitative estimate of drug-likeness (QED) is 0.628. The maximum absolute atomic E-state index is 11.7. The van der Waals surface area contributed by atoms with Crippen LogP contribution in [0, 0.1) is 0 Å². The van der Waals surface area contributed by atoms with Crippen molar-refractivity contribution in [2.45, 2.75) is 0 Å². The van der Waals surface area contributed by atoms with Crippen LogP contribution in [0.2, 0.25) is 0 Å². The lowest BCUT2D eigenvalue weighted by molar-refractivity contribution is 0.0682. The Labute approximate surface area is 107 Å². The largest absolute Gasteiger partial charge is 0.508 e. The monoisotopic (exact) mass is 260 g/mol. The van der Waals surface area contributed by atoms with Crippen LogP contribution in [-0.4, -0.2) is 32.1 Å². The topological polar surface area (TPSA) is 110 Å². The third-order valence-electron chi connectivity index (χ3n) is 2.11. The van der Waals surface area contributed by atoms with E-state index in [9.17, 15) is 14.7 Å². The highest BCUT2D eigenvalue weighted by Crippen LogP contribution is 2.18. The van der Waals surface area contributed by atoms with Crippen LogP contribution in [0.5, 0.6) is 11.5 Å². The van der Waals surface area contributed by atoms with Gasteiger partial charge in [-0.3, -0.25) is 0 Å². The van der Waals surface area contributed by atoms with Gasteiger partial charge < -0.3 is 14.9 Å². The molecule has 0 saturated carbocycles. The van der Waals surface area contributed by atoms with Crippen molar-refractivity contribution in [2.24, 2.45) is 0 Å². The second kappa shape index (κ2) is 5.13. The number of carbonyl (C=O) groups is 2. The fourth-order valence-corrected chi connectivity index (χ4v) is 1.25. The Morgan fingerprint density at radius 3 is 2.37 bits per heavy atom. The van der Waals surface area contributed by atoms with Crippen molar-refractivity contribution < 1.29 is 24.5 Å². The molecule has 96 valence electrons. The molecule has 0 saturated heterocycles. The van der Waals surface area contributed by atoms with E-state index >= 15 is 0 Å². The third-order valence-corrected chi connectivity index (χ3v) is 2.11. The van der Waals surface area contributed by atoms with Gasteiger partial charge in [0.1, 0.15) is 11.5 Å². The van der Waals surface area contributed by atoms with Crippen molar-refractivity contribution in [3.8, 4) is 11.5 Å². The number of carboxylic acids is 1. The molecule has 1 aromatic heterocycles. The number of carbonyl (C=O) groups excluding carboxylic acids is 1. The first-order valence-electron chi connectivity index (χ1n) is 5.13. The van der Waals surface area contributed by atoms with Gasteiger partial charge in [-0.25, -0.2) is 19.6 Å². The number of hydrogen-bond acceptors (Lipinski definition) is 6. The summed E-state index contributed by atoms with van der Waals surface area (Å²) in [5.41, 5.74) is -0.401. The lowest BCUT2D eigenvalue weighted by Gasteiger charge is -2.03. The number of rotatable bonds is 3. The van der Waals surface area contributed by atoms with E-state index in [0.717, 1.165) is 12.4 Å². The van der Waals surface area contributed by atoms with Gasteiger partial charge >= 0.3 is 11.9 Å². The highest BCUT2D eigenvalue weighted by atomic mass is 16.5. The van der Waals surface area contributed by atoms with Gasteiger partial charge in [-0.2, -0.15) is 0 Å². The number of aromatic hydroxyl groups is 1. The molecular formula is C12H8N2O5. The SMILES string of the molecule is O=C(O)c1cnc(C(=O)Oc2cccc(O)c2)cn1. The second-order valence-corrected chi connectivity index (χ2v) is 3.48. The molecule has 19 heavy (non-hydrogen) atoms. The highest BCUT2D eigenvalue weighted by Gasteiger charge is 2.13. The highest BCUT2D eigenvalue weighted by molar-refractivity contribution is 5.90. The molecule has 0 spiro atoms. The first-order chi connectivity index (χ1) is 9.06. The van der Waals surface area contributed by atoms with Crippen molar-refractivity contribution in [3.05, 3.63) is 48.0 Å². The molecule has 1 heterocycles. The summed E-state index contributed by atoms with van der Waals surface area (Å²) in [5, 5.41) is 17.8.